The maximum Gasteiger partial charge on any atom is 0.416 e. The summed E-state index contributed by atoms with van der Waals surface area (Å²) in [6.45, 7) is 0. The monoisotopic (exact) mass is 738 g/mol. The first-order chi connectivity index (χ1) is 19.9. The molecule has 0 bridgehead atoms. The molecule has 0 aliphatic heterocycles. The summed E-state index contributed by atoms with van der Waals surface area (Å²) in [5, 5.41) is 0. The molecule has 0 unspecified atom stereocenters. The van der Waals surface area contributed by atoms with Gasteiger partial charge in [0, 0.05) is 32.0 Å². The zero-order valence-corrected chi connectivity index (χ0v) is 25.6. The average Bonchev–Trinajstić information content (AvgIpc) is 3.59. The van der Waals surface area contributed by atoms with Crippen LogP contribution < -0.4 is 0 Å². The topological polar surface area (TPSA) is 25.8 Å². The van der Waals surface area contributed by atoms with Crippen molar-refractivity contribution in [3.8, 4) is 43.4 Å². The van der Waals surface area contributed by atoms with Crippen LogP contribution in [0.4, 0.5) is 26.3 Å². The van der Waals surface area contributed by atoms with Crippen LogP contribution in [0, 0.1) is 0 Å². The average molecular weight is 740 g/mol. The molecule has 0 aliphatic rings. The summed E-state index contributed by atoms with van der Waals surface area (Å²) < 4.78 is 81.8. The molecule has 0 aliphatic carbocycles. The number of benzene rings is 3. The molecule has 12 heteroatoms. The zero-order chi connectivity index (χ0) is 29.8. The van der Waals surface area contributed by atoms with Crippen molar-refractivity contribution in [1.82, 2.24) is 9.97 Å². The van der Waals surface area contributed by atoms with Crippen LogP contribution in [0.3, 0.4) is 0 Å². The van der Waals surface area contributed by atoms with Gasteiger partial charge in [-0.15, -0.1) is 22.7 Å². The van der Waals surface area contributed by atoms with E-state index in [0.717, 1.165) is 52.7 Å². The molecule has 6 rings (SSSR count). The van der Waals surface area contributed by atoms with Gasteiger partial charge in [0.05, 0.1) is 41.1 Å². The van der Waals surface area contributed by atoms with E-state index in [0.29, 0.717) is 22.2 Å². The molecule has 212 valence electrons. The predicted octanol–water partition coefficient (Wildman–Crippen LogP) is 12.0. The molecule has 0 saturated carbocycles. The number of rotatable bonds is 4. The normalized spacial score (nSPS) is 12.3. The molecular formula is C30H14Br2F6N2S2. The molecular weight excluding hydrogens is 726 g/mol. The van der Waals surface area contributed by atoms with Gasteiger partial charge in [-0.2, -0.15) is 26.3 Å². The van der Waals surface area contributed by atoms with Crippen LogP contribution in [0.5, 0.6) is 0 Å². The Morgan fingerprint density at radius 2 is 0.833 bits per heavy atom. The number of nitrogens with zero attached hydrogens (tertiary/aromatic N) is 2. The number of fused-ring (bicyclic) bond motifs is 1. The van der Waals surface area contributed by atoms with Gasteiger partial charge in [-0.05, 0) is 80.4 Å². The van der Waals surface area contributed by atoms with Crippen molar-refractivity contribution >= 4 is 65.6 Å². The highest BCUT2D eigenvalue weighted by molar-refractivity contribution is 9.11. The molecule has 3 aromatic heterocycles. The summed E-state index contributed by atoms with van der Waals surface area (Å²) in [7, 11) is 0. The highest BCUT2D eigenvalue weighted by Gasteiger charge is 2.31. The summed E-state index contributed by atoms with van der Waals surface area (Å²) in [5.41, 5.74) is 2.07. The Morgan fingerprint density at radius 1 is 0.476 bits per heavy atom. The third kappa shape index (κ3) is 5.64. The lowest BCUT2D eigenvalue weighted by atomic mass is 9.99. The SMILES string of the molecule is FC(F)(F)c1ccc(-c2nc3c(-c4ccc(Br)s4)ccc(-c4ccc(Br)s4)c3nc2-c2ccc(C(F)(F)F)cc2)cc1. The number of aromatic nitrogens is 2. The quantitative estimate of drug-likeness (QED) is 0.168. The van der Waals surface area contributed by atoms with E-state index in [9.17, 15) is 26.3 Å². The summed E-state index contributed by atoms with van der Waals surface area (Å²) >= 11 is 9.95. The Kier molecular flexibility index (Phi) is 7.53. The minimum Gasteiger partial charge on any atom is -0.243 e. The molecule has 2 nitrogen and oxygen atoms in total. The predicted molar refractivity (Wildman–Crippen MR) is 162 cm³/mol. The van der Waals surface area contributed by atoms with Gasteiger partial charge in [0.25, 0.3) is 0 Å². The summed E-state index contributed by atoms with van der Waals surface area (Å²) in [6.07, 6.45) is -9.07. The maximum absolute atomic E-state index is 13.3. The van der Waals surface area contributed by atoms with E-state index in [1.807, 2.05) is 36.4 Å². The Hall–Kier alpha value is -3.06. The van der Waals surface area contributed by atoms with Crippen LogP contribution in [0.25, 0.3) is 54.4 Å². The van der Waals surface area contributed by atoms with E-state index in [-0.39, 0.29) is 11.4 Å². The van der Waals surface area contributed by atoms with Crippen molar-refractivity contribution in [2.24, 2.45) is 0 Å². The van der Waals surface area contributed by atoms with Gasteiger partial charge in [0.2, 0.25) is 0 Å². The van der Waals surface area contributed by atoms with Crippen LogP contribution >= 0.6 is 54.5 Å². The molecule has 0 radical (unpaired) electrons. The second-order valence-corrected chi connectivity index (χ2v) is 14.1. The van der Waals surface area contributed by atoms with Gasteiger partial charge in [-0.25, -0.2) is 9.97 Å². The van der Waals surface area contributed by atoms with Crippen molar-refractivity contribution < 1.29 is 26.3 Å². The lowest BCUT2D eigenvalue weighted by molar-refractivity contribution is -0.138. The molecule has 3 heterocycles. The third-order valence-electron chi connectivity index (χ3n) is 6.47. The fraction of sp³-hybridized carbons (Fsp3) is 0.0667. The van der Waals surface area contributed by atoms with Gasteiger partial charge in [-0.1, -0.05) is 36.4 Å². The second kappa shape index (κ2) is 10.9. The maximum atomic E-state index is 13.3. The Bertz CT molecular complexity index is 1790. The van der Waals surface area contributed by atoms with Gasteiger partial charge in [0.15, 0.2) is 0 Å². The Balaban J connectivity index is 1.66. The number of thiophene rings is 2. The Labute approximate surface area is 260 Å². The molecule has 0 N–H and O–H groups in total. The lowest BCUT2D eigenvalue weighted by Gasteiger charge is -2.16. The number of alkyl halides is 6. The van der Waals surface area contributed by atoms with Crippen LogP contribution in [0.1, 0.15) is 11.1 Å². The second-order valence-electron chi connectivity index (χ2n) is 9.14. The number of hydrogen-bond acceptors (Lipinski definition) is 4. The van der Waals surface area contributed by atoms with Crippen molar-refractivity contribution in [1.29, 1.82) is 0 Å². The highest BCUT2D eigenvalue weighted by Crippen LogP contribution is 2.43. The van der Waals surface area contributed by atoms with Crippen molar-refractivity contribution in [2.45, 2.75) is 12.4 Å². The fourth-order valence-electron chi connectivity index (χ4n) is 4.49. The van der Waals surface area contributed by atoms with Gasteiger partial charge >= 0.3 is 12.4 Å². The molecule has 0 spiro atoms. The lowest BCUT2D eigenvalue weighted by Crippen LogP contribution is -2.05. The number of halogens is 8. The minimum atomic E-state index is -4.53. The van der Waals surface area contributed by atoms with E-state index in [2.05, 4.69) is 31.9 Å². The summed E-state index contributed by atoms with van der Waals surface area (Å²) in [5.74, 6) is 0. The zero-order valence-electron chi connectivity index (χ0n) is 20.8. The largest absolute Gasteiger partial charge is 0.416 e. The van der Waals surface area contributed by atoms with Crippen LogP contribution in [-0.4, -0.2) is 9.97 Å². The van der Waals surface area contributed by atoms with E-state index >= 15 is 0 Å². The van der Waals surface area contributed by atoms with Crippen LogP contribution in [0.15, 0.2) is 92.5 Å². The molecule has 0 saturated heterocycles. The standard InChI is InChI=1S/C30H14Br2F6N2S2/c31-23-13-11-21(41-23)19-9-10-20(22-12-14-24(32)42-22)28-27(19)39-25(15-1-5-17(6-2-15)29(33,34)35)26(40-28)16-3-7-18(8-4-16)30(36,37)38/h1-14H. The van der Waals surface area contributed by atoms with E-state index in [4.69, 9.17) is 9.97 Å². The van der Waals surface area contributed by atoms with E-state index in [1.165, 1.54) is 46.9 Å². The smallest absolute Gasteiger partial charge is 0.243 e. The van der Waals surface area contributed by atoms with Gasteiger partial charge in [-0.3, -0.25) is 0 Å². The first-order valence-electron chi connectivity index (χ1n) is 12.1. The first-order valence-corrected chi connectivity index (χ1v) is 15.3. The molecule has 0 fully saturated rings. The van der Waals surface area contributed by atoms with Crippen LogP contribution in [-0.2, 0) is 12.4 Å². The minimum absolute atomic E-state index is 0.248. The highest BCUT2D eigenvalue weighted by atomic mass is 79.9. The van der Waals surface area contributed by atoms with Gasteiger partial charge in [0.1, 0.15) is 0 Å². The fourth-order valence-corrected chi connectivity index (χ4v) is 7.31. The molecule has 0 amide bonds. The summed E-state index contributed by atoms with van der Waals surface area (Å²) in [6, 6.07) is 20.5. The van der Waals surface area contributed by atoms with E-state index in [1.54, 1.807) is 0 Å². The number of hydrogen-bond donors (Lipinski definition) is 0. The third-order valence-corrected chi connectivity index (χ3v) is 9.79. The molecule has 42 heavy (non-hydrogen) atoms. The first kappa shape index (κ1) is 29.0. The van der Waals surface area contributed by atoms with Crippen molar-refractivity contribution in [2.75, 3.05) is 0 Å². The molecule has 3 aromatic carbocycles. The molecule has 6 aromatic rings. The Morgan fingerprint density at radius 3 is 1.12 bits per heavy atom. The van der Waals surface area contributed by atoms with Gasteiger partial charge < -0.3 is 0 Å². The van der Waals surface area contributed by atoms with Crippen molar-refractivity contribution in [3.63, 3.8) is 0 Å². The van der Waals surface area contributed by atoms with Crippen molar-refractivity contribution in [3.05, 3.63) is 104 Å². The van der Waals surface area contributed by atoms with Crippen LogP contribution in [0.2, 0.25) is 0 Å². The summed E-state index contributed by atoms with van der Waals surface area (Å²) in [4.78, 5) is 11.7. The van der Waals surface area contributed by atoms with E-state index < -0.39 is 23.5 Å². The molecule has 0 atom stereocenters.